The number of rotatable bonds is 15. The number of hydrogen-bond donors (Lipinski definition) is 5. The van der Waals surface area contributed by atoms with Crippen LogP contribution in [-0.2, 0) is 24.0 Å². The summed E-state index contributed by atoms with van der Waals surface area (Å²) in [5.74, 6) is -18.8. The molecule has 0 unspecified atom stereocenters. The Labute approximate surface area is 739 Å². The van der Waals surface area contributed by atoms with E-state index in [1.807, 2.05) is 0 Å². The lowest BCUT2D eigenvalue weighted by atomic mass is 9.92. The Hall–Kier alpha value is -13.1. The second kappa shape index (κ2) is 38.6. The SMILES string of the molecule is [2H]c1nc(N(C([2H])([2H])[2H])[C@@]2([2H])CN(C(=O)C[N+]#[C-])CC[C@@]2([2H])C([2H])([2H])[2H])c2c([2H])c(C)[nH]c2n1.[2H]c1nc(N(C)[C@@H]2[C@H](C([2H])([2H])[2H])C([2H])([2H])C([2H])([2H])N(C(=O)C[N+]#[C-])C2([2H])[2H])c2cc[nH]c2n1.[2H]c1nc(N(C)[C@@H]2[C@H](C)C([2H])([2H])C([2H])([2H])N(C(=O)C[N+]#[C-])C2([2H])[2H])c2cc[nH]c2n1.[2H]c1nc(N(C)[C@H]2C([2H])([2H])N(C(=O)C[N+]#[C-])C([2H])([2H])C([2H])([2H])[C@@]2([2H])C([2H])([2H])[2H])c2cc[nH]c2n1.[2H]c1nc(N(C)[C@H]2C([2H])([2H])N(C(=O)C[N+]#[C-])C([2H])([2H])C([2H])([2H])[C@@]2([2H])C)c2cc[nH]c2n1. The third kappa shape index (κ3) is 19.2. The highest BCUT2D eigenvalue weighted by Gasteiger charge is 2.39. The van der Waals surface area contributed by atoms with Crippen LogP contribution in [-0.4, -0.2) is 292 Å². The molecule has 5 aliphatic heterocycles. The van der Waals surface area contributed by atoms with Gasteiger partial charge in [-0.25, -0.2) is 82.7 Å². The lowest BCUT2D eigenvalue weighted by molar-refractivity contribution is -0.131. The third-order valence-corrected chi connectivity index (χ3v) is 17.6. The number of aromatic amines is 5. The number of aryl methyl sites for hydroxylation is 1. The molecule has 15 heterocycles. The lowest BCUT2D eigenvalue weighted by Gasteiger charge is -2.41. The number of aromatic nitrogens is 15. The van der Waals surface area contributed by atoms with Crippen molar-refractivity contribution in [3.8, 4) is 0 Å². The molecule has 0 aromatic carbocycles. The minimum Gasteiger partial charge on any atom is -0.354 e. The van der Waals surface area contributed by atoms with Crippen LogP contribution in [0.15, 0.2) is 86.6 Å². The molecule has 0 saturated carbocycles. The number of nitrogens with zero attached hydrogens (tertiary/aromatic N) is 25. The fourth-order valence-corrected chi connectivity index (χ4v) is 11.7. The van der Waals surface area contributed by atoms with E-state index in [-0.39, 0.29) is 106 Å². The van der Waals surface area contributed by atoms with Crippen LogP contribution in [0.1, 0.15) is 135 Å². The zero-order valence-corrected chi connectivity index (χ0v) is 62.5. The van der Waals surface area contributed by atoms with Gasteiger partial charge in [0.15, 0.2) is 0 Å². The van der Waals surface area contributed by atoms with Crippen molar-refractivity contribution < 1.29 is 87.0 Å². The van der Waals surface area contributed by atoms with E-state index < -0.39 is 271 Å². The molecule has 116 heavy (non-hydrogen) atoms. The maximum absolute atomic E-state index is 12.7. The highest BCUT2D eigenvalue weighted by molar-refractivity contribution is 5.92. The maximum atomic E-state index is 12.7. The van der Waals surface area contributed by atoms with Crippen LogP contribution in [0, 0.1) is 69.3 Å². The third-order valence-electron chi connectivity index (χ3n) is 17.6. The van der Waals surface area contributed by atoms with Crippen molar-refractivity contribution in [3.63, 3.8) is 0 Å². The van der Waals surface area contributed by atoms with Crippen LogP contribution in [0.4, 0.5) is 29.1 Å². The zero-order chi connectivity index (χ0) is 123. The number of likely N-dealkylation sites (N-methyl/N-ethyl adjacent to an activating group) is 5. The van der Waals surface area contributed by atoms with E-state index in [1.54, 1.807) is 18.3 Å². The minimum atomic E-state index is -3.67. The molecule has 5 saturated heterocycles. The van der Waals surface area contributed by atoms with Crippen molar-refractivity contribution in [2.24, 2.45) is 29.5 Å². The van der Waals surface area contributed by atoms with E-state index in [4.69, 9.17) is 94.5 Å². The zero-order valence-electron chi connectivity index (χ0n) is 108. The molecule has 10 atom stereocenters. The topological polar surface area (TPSA) is 347 Å². The van der Waals surface area contributed by atoms with Gasteiger partial charge in [0.25, 0.3) is 32.7 Å². The van der Waals surface area contributed by atoms with Crippen LogP contribution in [0.5, 0.6) is 0 Å². The second-order valence-corrected chi connectivity index (χ2v) is 25.1. The lowest BCUT2D eigenvalue weighted by Crippen LogP contribution is -2.53. The van der Waals surface area contributed by atoms with Gasteiger partial charge in [-0.3, -0.25) is 24.0 Å². The number of hydrogen-bond acceptors (Lipinski definition) is 20. The number of amides is 5. The Morgan fingerprint density at radius 2 is 0.784 bits per heavy atom. The number of H-pyrrole nitrogens is 5. The molecular weight excluding hydrogens is 1470 g/mol. The number of carbonyl (C=O) groups is 5. The molecule has 0 spiro atoms. The molecule has 5 N–H and O–H groups in total. The summed E-state index contributed by atoms with van der Waals surface area (Å²) in [6, 6.07) is -4.40. The van der Waals surface area contributed by atoms with E-state index in [9.17, 15) is 25.3 Å². The summed E-state index contributed by atoms with van der Waals surface area (Å²) in [7, 11) is 5.11. The first-order chi connectivity index (χ1) is 73.7. The first-order valence-corrected chi connectivity index (χ1v) is 34.3. The van der Waals surface area contributed by atoms with Crippen LogP contribution >= 0.6 is 0 Å². The van der Waals surface area contributed by atoms with Gasteiger partial charge in [-0.1, -0.05) is 34.4 Å². The maximum Gasteiger partial charge on any atom is 0.302 e. The molecule has 0 aliphatic carbocycles. The Morgan fingerprint density at radius 3 is 1.17 bits per heavy atom. The summed E-state index contributed by atoms with van der Waals surface area (Å²) in [6.45, 7) is -5.37. The second-order valence-electron chi connectivity index (χ2n) is 25.1. The molecular formula is C81H102N30O5. The van der Waals surface area contributed by atoms with Crippen molar-refractivity contribution in [1.29, 1.82) is 0 Å². The van der Waals surface area contributed by atoms with Gasteiger partial charge in [0.2, 0.25) is 0 Å². The van der Waals surface area contributed by atoms with Gasteiger partial charge in [0, 0.05) is 173 Å². The number of likely N-dealkylation sites (tertiary alicyclic amines) is 5. The predicted octanol–water partition coefficient (Wildman–Crippen LogP) is 8.06. The number of anilines is 5. The molecule has 5 fully saturated rings. The molecule has 15 rings (SSSR count). The van der Waals surface area contributed by atoms with Gasteiger partial charge >= 0.3 is 29.5 Å². The Kier molecular flexibility index (Phi) is 14.1. The Balaban J connectivity index is 0.000000190. The van der Waals surface area contributed by atoms with Crippen molar-refractivity contribution in [2.75, 3.05) is 157 Å². The van der Waals surface area contributed by atoms with Gasteiger partial charge in [-0.05, 0) is 98.7 Å². The van der Waals surface area contributed by atoms with Crippen LogP contribution in [0.3, 0.4) is 0 Å². The average Bonchev–Trinajstić information content (AvgIpc) is 0.814. The first kappa shape index (κ1) is 42.3. The van der Waals surface area contributed by atoms with E-state index in [0.717, 1.165) is 33.6 Å². The van der Waals surface area contributed by atoms with Crippen LogP contribution < -0.4 is 24.5 Å². The molecule has 0 bridgehead atoms. The fourth-order valence-electron chi connectivity index (χ4n) is 11.7. The number of fused-ring (bicyclic) bond motifs is 5. The van der Waals surface area contributed by atoms with E-state index in [2.05, 4.69) is 99.0 Å². The summed E-state index contributed by atoms with van der Waals surface area (Å²) in [6.07, 6.45) is -9.64. The van der Waals surface area contributed by atoms with Gasteiger partial charge < -0.3 is 98.1 Å². The summed E-state index contributed by atoms with van der Waals surface area (Å²) in [5.41, 5.74) is 1.13. The van der Waals surface area contributed by atoms with E-state index in [1.165, 1.54) is 70.6 Å². The number of piperidine rings is 5. The van der Waals surface area contributed by atoms with Crippen molar-refractivity contribution >= 4 is 114 Å². The smallest absolute Gasteiger partial charge is 0.302 e. The van der Waals surface area contributed by atoms with Crippen molar-refractivity contribution in [3.05, 3.63) is 149 Å². The van der Waals surface area contributed by atoms with Gasteiger partial charge in [-0.2, -0.15) is 0 Å². The molecule has 606 valence electrons. The minimum absolute atomic E-state index is 0.0134. The Bertz CT molecular complexity index is 7610. The molecule has 10 aromatic rings. The van der Waals surface area contributed by atoms with E-state index in [0.29, 0.717) is 21.3 Å². The van der Waals surface area contributed by atoms with Gasteiger partial charge in [-0.15, -0.1) is 0 Å². The summed E-state index contributed by atoms with van der Waals surface area (Å²) in [4.78, 5) is 136. The first-order valence-electron chi connectivity index (χ1n) is 57.3. The molecule has 5 amide bonds. The highest BCUT2D eigenvalue weighted by Crippen LogP contribution is 2.35. The van der Waals surface area contributed by atoms with Gasteiger partial charge in [0.1, 0.15) is 95.7 Å². The highest BCUT2D eigenvalue weighted by atomic mass is 16.2. The standard InChI is InChI=1S/C17H22N6O.4C16H20N6O/c1-11-5-6-23(15(24)8-18-3)9-14(11)22(4)17-13-7-12(2)21-16(13)19-10-20-17;4*1-11-5-7-22(14(23)8-17-2)9-13(11)21(3)16-12-4-6-18-15(12)19-10-20-16/h7,10-11,14H,5-6,8-9H2,1-2,4H3,(H,19,20,21);4*4,6,10-11,13H,5,7-9H2,1,3H3,(H,18,19,20)/t11-,14+;4*11-,13+/m11111/s1/i1D3,4D3,7D,10D,11D,14D;1D3,5D2,7D2,9D2,10D,11D;5D2,7D2,9D2,10D,11D;1D3,5D2,7D2,9D2,10D;5D2,7D2,9D2,10D. The Morgan fingerprint density at radius 1 is 0.448 bits per heavy atom. The fraction of sp³-hybridized carbons (Fsp3) is 0.506. The van der Waals surface area contributed by atoms with Crippen LogP contribution in [0.25, 0.3) is 79.4 Å². The number of carbonyl (C=O) groups excluding carboxylic acids is 5. The average molecular weight is 1620 g/mol. The summed E-state index contributed by atoms with van der Waals surface area (Å²) in [5, 5.41) is 1.15. The summed E-state index contributed by atoms with van der Waals surface area (Å²) >= 11 is 0. The molecule has 0 radical (unpaired) electrons. The largest absolute Gasteiger partial charge is 0.354 e. The molecule has 35 heteroatoms. The van der Waals surface area contributed by atoms with Crippen molar-refractivity contribution in [1.82, 2.24) is 99.3 Å². The monoisotopic (exact) mass is 1620 g/mol. The molecule has 35 nitrogen and oxygen atoms in total. The number of nitrogens with one attached hydrogen (secondary N) is 5. The van der Waals surface area contributed by atoms with Gasteiger partial charge in [0.05, 0.1) is 70.8 Å². The summed E-state index contributed by atoms with van der Waals surface area (Å²) < 4.78 is 382. The predicted molar refractivity (Wildman–Crippen MR) is 444 cm³/mol. The van der Waals surface area contributed by atoms with Crippen LogP contribution in [0.2, 0.25) is 0 Å². The van der Waals surface area contributed by atoms with Crippen molar-refractivity contribution in [2.45, 2.75) is 103 Å². The molecule has 5 aliphatic rings. The molecule has 10 aromatic heterocycles. The van der Waals surface area contributed by atoms with E-state index >= 15 is 0 Å². The normalized spacial score (nSPS) is 35.1. The quantitative estimate of drug-likeness (QED) is 0.0606.